The first-order valence-corrected chi connectivity index (χ1v) is 12.6. The van der Waals surface area contributed by atoms with Crippen molar-refractivity contribution in [3.63, 3.8) is 0 Å². The Kier molecular flexibility index (Phi) is 10.1. The largest absolute Gasteiger partial charge is 0.369 e. The number of para-hydroxylation sites is 1. The van der Waals surface area contributed by atoms with E-state index in [4.69, 9.17) is 4.99 Å². The first-order chi connectivity index (χ1) is 15.2. The average Bonchev–Trinajstić information content (AvgIpc) is 3.43. The van der Waals surface area contributed by atoms with Gasteiger partial charge in [0.1, 0.15) is 0 Å². The first kappa shape index (κ1) is 25.2. The Morgan fingerprint density at radius 3 is 2.62 bits per heavy atom. The average molecular weight is 569 g/mol. The van der Waals surface area contributed by atoms with E-state index in [1.165, 1.54) is 24.2 Å². The minimum absolute atomic E-state index is 0. The number of anilines is 1. The van der Waals surface area contributed by atoms with E-state index in [2.05, 4.69) is 75.0 Å². The van der Waals surface area contributed by atoms with Gasteiger partial charge in [0, 0.05) is 49.8 Å². The molecule has 0 bridgehead atoms. The summed E-state index contributed by atoms with van der Waals surface area (Å²) in [6.45, 7) is 11.4. The van der Waals surface area contributed by atoms with Crippen LogP contribution in [0.2, 0.25) is 0 Å². The van der Waals surface area contributed by atoms with Gasteiger partial charge in [-0.25, -0.2) is 4.98 Å². The topological polar surface area (TPSA) is 55.8 Å². The van der Waals surface area contributed by atoms with E-state index in [9.17, 15) is 0 Å². The number of aromatic nitrogens is 1. The van der Waals surface area contributed by atoms with E-state index in [1.54, 1.807) is 11.3 Å². The predicted molar refractivity (Wildman–Crippen MR) is 146 cm³/mol. The van der Waals surface area contributed by atoms with Gasteiger partial charge in [-0.1, -0.05) is 18.2 Å². The maximum Gasteiger partial charge on any atom is 0.191 e. The Balaban J connectivity index is 0.00000289. The number of benzene rings is 1. The van der Waals surface area contributed by atoms with Gasteiger partial charge in [0.25, 0.3) is 0 Å². The maximum atomic E-state index is 4.96. The molecule has 2 N–H and O–H groups in total. The van der Waals surface area contributed by atoms with E-state index in [0.717, 1.165) is 63.2 Å². The van der Waals surface area contributed by atoms with Crippen molar-refractivity contribution in [2.75, 3.05) is 44.2 Å². The van der Waals surface area contributed by atoms with Crippen LogP contribution in [0.3, 0.4) is 0 Å². The molecule has 1 atom stereocenters. The molecule has 4 rings (SSSR count). The van der Waals surface area contributed by atoms with Crippen LogP contribution >= 0.6 is 35.3 Å². The number of hydrogen-bond acceptors (Lipinski definition) is 5. The normalized spacial score (nSPS) is 20.2. The van der Waals surface area contributed by atoms with Crippen molar-refractivity contribution in [3.8, 4) is 0 Å². The van der Waals surface area contributed by atoms with Crippen LogP contribution in [-0.4, -0.2) is 61.2 Å². The van der Waals surface area contributed by atoms with Crippen LogP contribution in [0, 0.1) is 12.8 Å². The maximum absolute atomic E-state index is 4.96. The van der Waals surface area contributed by atoms with Crippen LogP contribution in [0.25, 0.3) is 0 Å². The number of guanidine groups is 1. The summed E-state index contributed by atoms with van der Waals surface area (Å²) in [6.07, 6.45) is 3.59. The monoisotopic (exact) mass is 568 g/mol. The molecule has 2 aromatic rings. The van der Waals surface area contributed by atoms with Crippen molar-refractivity contribution in [2.45, 2.75) is 45.7 Å². The molecule has 32 heavy (non-hydrogen) atoms. The molecule has 2 aliphatic rings. The van der Waals surface area contributed by atoms with Crippen LogP contribution < -0.4 is 15.5 Å². The summed E-state index contributed by atoms with van der Waals surface area (Å²) in [5.74, 6) is 1.65. The summed E-state index contributed by atoms with van der Waals surface area (Å²) < 4.78 is 0. The Hall–Kier alpha value is -1.39. The van der Waals surface area contributed by atoms with Gasteiger partial charge in [0.2, 0.25) is 0 Å². The lowest BCUT2D eigenvalue weighted by molar-refractivity contribution is 0.179. The third kappa shape index (κ3) is 7.31. The van der Waals surface area contributed by atoms with Crippen molar-refractivity contribution in [1.82, 2.24) is 20.5 Å². The van der Waals surface area contributed by atoms with Gasteiger partial charge in [-0.2, -0.15) is 0 Å². The number of piperidine rings is 1. The molecule has 0 amide bonds. The van der Waals surface area contributed by atoms with Gasteiger partial charge in [-0.3, -0.25) is 9.89 Å². The molecule has 2 saturated heterocycles. The molecule has 0 radical (unpaired) electrons. The molecule has 0 saturated carbocycles. The second-order valence-electron chi connectivity index (χ2n) is 8.71. The van der Waals surface area contributed by atoms with Crippen LogP contribution in [0.15, 0.2) is 40.7 Å². The van der Waals surface area contributed by atoms with Crippen LogP contribution in [0.1, 0.15) is 36.9 Å². The predicted octanol–water partition coefficient (Wildman–Crippen LogP) is 4.12. The highest BCUT2D eigenvalue weighted by atomic mass is 127. The number of aryl methyl sites for hydroxylation is 1. The number of likely N-dealkylation sites (tertiary alicyclic amines) is 1. The fourth-order valence-corrected chi connectivity index (χ4v) is 5.13. The van der Waals surface area contributed by atoms with E-state index in [0.29, 0.717) is 12.0 Å². The number of nitrogens with zero attached hydrogens (tertiary/aromatic N) is 4. The van der Waals surface area contributed by atoms with Crippen LogP contribution in [0.5, 0.6) is 0 Å². The van der Waals surface area contributed by atoms with E-state index in [1.807, 2.05) is 0 Å². The molecule has 1 aromatic heterocycles. The summed E-state index contributed by atoms with van der Waals surface area (Å²) >= 11 is 1.75. The number of aliphatic imine (C=N–C) groups is 1. The number of nitrogens with one attached hydrogen (secondary N) is 2. The zero-order chi connectivity index (χ0) is 21.5. The summed E-state index contributed by atoms with van der Waals surface area (Å²) in [5, 5.41) is 10.5. The van der Waals surface area contributed by atoms with Gasteiger partial charge in [0.05, 0.1) is 10.7 Å². The van der Waals surface area contributed by atoms with Gasteiger partial charge < -0.3 is 15.5 Å². The molecule has 0 spiro atoms. The highest BCUT2D eigenvalue weighted by Crippen LogP contribution is 2.21. The molecule has 2 aliphatic heterocycles. The minimum Gasteiger partial charge on any atom is -0.369 e. The Bertz CT molecular complexity index is 834. The molecule has 176 valence electrons. The van der Waals surface area contributed by atoms with Gasteiger partial charge >= 0.3 is 0 Å². The fraction of sp³-hybridized carbons (Fsp3) is 0.583. The van der Waals surface area contributed by atoms with E-state index >= 15 is 0 Å². The summed E-state index contributed by atoms with van der Waals surface area (Å²) in [5.41, 5.74) is 2.53. The zero-order valence-electron chi connectivity index (χ0n) is 19.3. The van der Waals surface area contributed by atoms with Crippen molar-refractivity contribution in [2.24, 2.45) is 10.9 Å². The smallest absolute Gasteiger partial charge is 0.191 e. The van der Waals surface area contributed by atoms with Gasteiger partial charge in [0.15, 0.2) is 5.96 Å². The first-order valence-electron chi connectivity index (χ1n) is 11.7. The molecule has 1 unspecified atom stereocenters. The molecule has 3 heterocycles. The summed E-state index contributed by atoms with van der Waals surface area (Å²) in [7, 11) is 0. The lowest BCUT2D eigenvalue weighted by atomic mass is 9.97. The second kappa shape index (κ2) is 12.7. The van der Waals surface area contributed by atoms with E-state index < -0.39 is 0 Å². The fourth-order valence-electron chi connectivity index (χ4n) is 4.52. The number of thiazole rings is 1. The zero-order valence-corrected chi connectivity index (χ0v) is 22.4. The summed E-state index contributed by atoms with van der Waals surface area (Å²) in [4.78, 5) is 14.6. The van der Waals surface area contributed by atoms with Crippen molar-refractivity contribution in [3.05, 3.63) is 46.4 Å². The highest BCUT2D eigenvalue weighted by Gasteiger charge is 2.24. The molecule has 2 fully saturated rings. The van der Waals surface area contributed by atoms with Crippen LogP contribution in [-0.2, 0) is 6.54 Å². The lowest BCUT2D eigenvalue weighted by Crippen LogP contribution is -2.45. The van der Waals surface area contributed by atoms with Crippen LogP contribution in [0.4, 0.5) is 5.69 Å². The second-order valence-corrected chi connectivity index (χ2v) is 9.77. The molecular formula is C24H37IN6S. The van der Waals surface area contributed by atoms with Gasteiger partial charge in [-0.15, -0.1) is 35.3 Å². The van der Waals surface area contributed by atoms with Gasteiger partial charge in [-0.05, 0) is 64.3 Å². The molecule has 1 aromatic carbocycles. The molecular weight excluding hydrogens is 531 g/mol. The lowest BCUT2D eigenvalue weighted by Gasteiger charge is -2.31. The standard InChI is InChI=1S/C24H36N6S.HI/c1-3-25-24(28-21-11-14-30(17-21)23-7-5-4-6-8-23)26-15-20-9-12-29(13-10-20)16-22-18-31-19(2)27-22;/h4-8,18,20-21H,3,9-17H2,1-2H3,(H2,25,26,28);1H. The highest BCUT2D eigenvalue weighted by molar-refractivity contribution is 14.0. The number of rotatable bonds is 7. The SMILES string of the molecule is CCNC(=NCC1CCN(Cc2csc(C)n2)CC1)NC1CCN(c2ccccc2)C1.I. The minimum atomic E-state index is 0. The number of halogens is 1. The Labute approximate surface area is 213 Å². The third-order valence-corrected chi connectivity index (χ3v) is 7.08. The van der Waals surface area contributed by atoms with E-state index in [-0.39, 0.29) is 24.0 Å². The molecule has 0 aliphatic carbocycles. The Morgan fingerprint density at radius 2 is 1.94 bits per heavy atom. The third-order valence-electron chi connectivity index (χ3n) is 6.26. The van der Waals surface area contributed by atoms with Crippen molar-refractivity contribution < 1.29 is 0 Å². The number of hydrogen-bond donors (Lipinski definition) is 2. The Morgan fingerprint density at radius 1 is 1.16 bits per heavy atom. The molecule has 6 nitrogen and oxygen atoms in total. The quantitative estimate of drug-likeness (QED) is 0.299. The summed E-state index contributed by atoms with van der Waals surface area (Å²) in [6, 6.07) is 11.2. The van der Waals surface area contributed by atoms with Crippen molar-refractivity contribution in [1.29, 1.82) is 0 Å². The van der Waals surface area contributed by atoms with Crippen molar-refractivity contribution >= 4 is 47.0 Å². The molecule has 8 heteroatoms.